The van der Waals surface area contributed by atoms with Crippen LogP contribution in [0.25, 0.3) is 56.1 Å². The molecule has 5 aromatic carbocycles. The number of hydrogen-bond donors (Lipinski definition) is 0. The zero-order valence-corrected chi connectivity index (χ0v) is 27.0. The second-order valence-corrected chi connectivity index (χ2v) is 14.1. The molecule has 6 aromatic rings. The predicted molar refractivity (Wildman–Crippen MR) is 190 cm³/mol. The van der Waals surface area contributed by atoms with Crippen molar-refractivity contribution in [3.63, 3.8) is 0 Å². The summed E-state index contributed by atoms with van der Waals surface area (Å²) in [5.74, 6) is 4.38. The van der Waals surface area contributed by atoms with Gasteiger partial charge in [0.15, 0.2) is 17.5 Å². The van der Waals surface area contributed by atoms with Crippen molar-refractivity contribution in [1.82, 2.24) is 15.0 Å². The van der Waals surface area contributed by atoms with Crippen molar-refractivity contribution >= 4 is 10.8 Å². The van der Waals surface area contributed by atoms with Crippen molar-refractivity contribution in [1.29, 1.82) is 5.26 Å². The molecule has 2 fully saturated rings. The van der Waals surface area contributed by atoms with Gasteiger partial charge in [0, 0.05) is 16.7 Å². The van der Waals surface area contributed by atoms with Crippen LogP contribution >= 0.6 is 0 Å². The first-order valence-electron chi connectivity index (χ1n) is 16.9. The maximum Gasteiger partial charge on any atom is 0.164 e. The molecular weight excluding hydrogens is 573 g/mol. The molecule has 47 heavy (non-hydrogen) atoms. The van der Waals surface area contributed by atoms with Crippen LogP contribution in [0.4, 0.5) is 0 Å². The molecule has 0 saturated heterocycles. The number of aromatic nitrogens is 3. The summed E-state index contributed by atoms with van der Waals surface area (Å²) in [6.07, 6.45) is 6.64. The minimum absolute atomic E-state index is 0.286. The molecule has 2 bridgehead atoms. The molecule has 4 nitrogen and oxygen atoms in total. The summed E-state index contributed by atoms with van der Waals surface area (Å²) in [7, 11) is 0. The van der Waals surface area contributed by atoms with Crippen LogP contribution in [-0.4, -0.2) is 15.0 Å². The Labute approximate surface area is 277 Å². The Morgan fingerprint density at radius 3 is 1.91 bits per heavy atom. The highest BCUT2D eigenvalue weighted by atomic mass is 15.0. The van der Waals surface area contributed by atoms with Crippen LogP contribution in [0.3, 0.4) is 0 Å². The van der Waals surface area contributed by atoms with E-state index >= 15 is 0 Å². The second-order valence-electron chi connectivity index (χ2n) is 14.1. The first-order valence-corrected chi connectivity index (χ1v) is 16.9. The van der Waals surface area contributed by atoms with Crippen molar-refractivity contribution in [2.24, 2.45) is 17.8 Å². The standard InChI is InChI=1S/C43H38N4/c1-28-20-31-21-29(2)25-43(24-28,26-31)37-18-16-34(17-19-37)41-45-40(33-8-4-3-5-9-33)46-42(47-41)36-12-6-11-35(23-36)38-13-7-10-32-15-14-30(27-44)22-39(32)38/h3-19,22-23,28-29,31H,20-21,24-26H2,1-2H3/t28-,29+,31-,43?. The van der Waals surface area contributed by atoms with Crippen LogP contribution in [0.1, 0.15) is 57.1 Å². The fourth-order valence-corrected chi connectivity index (χ4v) is 8.80. The first-order chi connectivity index (χ1) is 23.0. The van der Waals surface area contributed by atoms with E-state index in [4.69, 9.17) is 15.0 Å². The first kappa shape index (κ1) is 29.3. The maximum absolute atomic E-state index is 9.56. The number of hydrogen-bond acceptors (Lipinski definition) is 4. The lowest BCUT2D eigenvalue weighted by molar-refractivity contribution is 0.0780. The topological polar surface area (TPSA) is 62.5 Å². The number of nitrogens with zero attached hydrogens (tertiary/aromatic N) is 4. The molecule has 2 saturated carbocycles. The summed E-state index contributed by atoms with van der Waals surface area (Å²) in [4.78, 5) is 15.1. The number of rotatable bonds is 5. The van der Waals surface area contributed by atoms with E-state index in [-0.39, 0.29) is 5.41 Å². The molecule has 4 atom stereocenters. The van der Waals surface area contributed by atoms with E-state index in [0.717, 1.165) is 56.3 Å². The molecule has 4 heteroatoms. The van der Waals surface area contributed by atoms with Gasteiger partial charge in [0.05, 0.1) is 11.6 Å². The van der Waals surface area contributed by atoms with E-state index < -0.39 is 0 Å². The van der Waals surface area contributed by atoms with E-state index in [1.807, 2.05) is 36.4 Å². The molecule has 1 aromatic heterocycles. The lowest BCUT2D eigenvalue weighted by atomic mass is 9.54. The molecule has 0 spiro atoms. The molecule has 0 aliphatic heterocycles. The average molecular weight is 611 g/mol. The summed E-state index contributed by atoms with van der Waals surface area (Å²) in [5.41, 5.74) is 7.42. The molecule has 2 aliphatic rings. The zero-order valence-electron chi connectivity index (χ0n) is 27.0. The van der Waals surface area contributed by atoms with Crippen molar-refractivity contribution in [2.45, 2.75) is 51.4 Å². The summed E-state index contributed by atoms with van der Waals surface area (Å²) in [6.45, 7) is 4.89. The van der Waals surface area contributed by atoms with Crippen molar-refractivity contribution in [3.05, 3.63) is 126 Å². The smallest absolute Gasteiger partial charge is 0.164 e. The predicted octanol–water partition coefficient (Wildman–Crippen LogP) is 10.7. The van der Waals surface area contributed by atoms with Gasteiger partial charge in [0.2, 0.25) is 0 Å². The Morgan fingerprint density at radius 2 is 1.21 bits per heavy atom. The quantitative estimate of drug-likeness (QED) is 0.195. The highest BCUT2D eigenvalue weighted by Gasteiger charge is 2.45. The van der Waals surface area contributed by atoms with Gasteiger partial charge < -0.3 is 0 Å². The normalized spacial score (nSPS) is 22.1. The van der Waals surface area contributed by atoms with Crippen LogP contribution in [0.5, 0.6) is 0 Å². The van der Waals surface area contributed by atoms with Gasteiger partial charge in [-0.1, -0.05) is 111 Å². The van der Waals surface area contributed by atoms with Crippen LogP contribution in [-0.2, 0) is 5.41 Å². The van der Waals surface area contributed by atoms with Gasteiger partial charge >= 0.3 is 0 Å². The lowest BCUT2D eigenvalue weighted by Crippen LogP contribution is -2.42. The zero-order chi connectivity index (χ0) is 32.0. The molecule has 1 heterocycles. The van der Waals surface area contributed by atoms with E-state index in [1.165, 1.54) is 37.7 Å². The van der Waals surface area contributed by atoms with Crippen LogP contribution in [0.2, 0.25) is 0 Å². The molecular formula is C43H38N4. The largest absolute Gasteiger partial charge is 0.208 e. The van der Waals surface area contributed by atoms with E-state index in [9.17, 15) is 5.26 Å². The van der Waals surface area contributed by atoms with Gasteiger partial charge in [0.25, 0.3) is 0 Å². The second kappa shape index (κ2) is 11.9. The number of fused-ring (bicyclic) bond motifs is 3. The summed E-state index contributed by atoms with van der Waals surface area (Å²) < 4.78 is 0. The van der Waals surface area contributed by atoms with Crippen molar-refractivity contribution in [3.8, 4) is 51.4 Å². The Balaban J connectivity index is 1.21. The SMILES string of the molecule is C[C@@H]1C[C@@H]2C[C@H](C)CC(c3ccc(-c4nc(-c5ccccc5)nc(-c5cccc(-c6cccc7ccc(C#N)cc67)c5)n4)cc3)(C1)C2. The number of nitriles is 1. The van der Waals surface area contributed by atoms with Crippen LogP contribution in [0.15, 0.2) is 115 Å². The van der Waals surface area contributed by atoms with Gasteiger partial charge in [-0.25, -0.2) is 15.0 Å². The fraction of sp³-hybridized carbons (Fsp3) is 0.256. The third-order valence-corrected chi connectivity index (χ3v) is 10.5. The molecule has 230 valence electrons. The third kappa shape index (κ3) is 5.61. The maximum atomic E-state index is 9.56. The average Bonchev–Trinajstić information content (AvgIpc) is 3.11. The minimum Gasteiger partial charge on any atom is -0.208 e. The highest BCUT2D eigenvalue weighted by Crippen LogP contribution is 2.54. The molecule has 0 N–H and O–H groups in total. The molecule has 1 unspecified atom stereocenters. The monoisotopic (exact) mass is 610 g/mol. The van der Waals surface area contributed by atoms with Crippen LogP contribution in [0, 0.1) is 29.1 Å². The molecule has 8 rings (SSSR count). The Morgan fingerprint density at radius 1 is 0.596 bits per heavy atom. The van der Waals surface area contributed by atoms with Gasteiger partial charge in [0.1, 0.15) is 0 Å². The summed E-state index contributed by atoms with van der Waals surface area (Å²) in [5, 5.41) is 11.7. The van der Waals surface area contributed by atoms with E-state index in [1.54, 1.807) is 0 Å². The summed E-state index contributed by atoms with van der Waals surface area (Å²) in [6, 6.07) is 42.1. The Bertz CT molecular complexity index is 2110. The fourth-order valence-electron chi connectivity index (χ4n) is 8.80. The van der Waals surface area contributed by atoms with Gasteiger partial charge in [-0.05, 0) is 101 Å². The Kier molecular flexibility index (Phi) is 7.41. The Hall–Kier alpha value is -5.14. The van der Waals surface area contributed by atoms with E-state index in [0.29, 0.717) is 23.0 Å². The molecule has 0 radical (unpaired) electrons. The summed E-state index contributed by atoms with van der Waals surface area (Å²) >= 11 is 0. The highest BCUT2D eigenvalue weighted by molar-refractivity contribution is 5.97. The molecule has 0 amide bonds. The van der Waals surface area contributed by atoms with Gasteiger partial charge in [-0.3, -0.25) is 0 Å². The number of benzene rings is 5. The minimum atomic E-state index is 0.286. The molecule has 2 aliphatic carbocycles. The third-order valence-electron chi connectivity index (χ3n) is 10.5. The van der Waals surface area contributed by atoms with E-state index in [2.05, 4.69) is 98.8 Å². The van der Waals surface area contributed by atoms with Crippen molar-refractivity contribution in [2.75, 3.05) is 0 Å². The van der Waals surface area contributed by atoms with Gasteiger partial charge in [-0.2, -0.15) is 5.26 Å². The van der Waals surface area contributed by atoms with Gasteiger partial charge in [-0.15, -0.1) is 0 Å². The lowest BCUT2D eigenvalue weighted by Gasteiger charge is -2.50. The van der Waals surface area contributed by atoms with Crippen LogP contribution < -0.4 is 0 Å². The van der Waals surface area contributed by atoms with Crippen molar-refractivity contribution < 1.29 is 0 Å².